The molecule has 0 heterocycles. The standard InChI is InChI=1S/4C10H13O.Zr/c4*1-10(2,8-11)9-6-4-3-5-7-9;/h4*3-7H,8H2,1-2H3;/q4*-1;+4. The predicted molar refractivity (Wildman–Crippen MR) is 182 cm³/mol. The first-order valence-electron chi connectivity index (χ1n) is 16.0. The van der Waals surface area contributed by atoms with Crippen LogP contribution in [0.3, 0.4) is 0 Å². The van der Waals surface area contributed by atoms with Crippen molar-refractivity contribution in [2.75, 3.05) is 26.4 Å². The molecular weight excluding hydrogens is 636 g/mol. The van der Waals surface area contributed by atoms with Crippen molar-refractivity contribution in [3.8, 4) is 0 Å². The fourth-order valence-corrected chi connectivity index (χ4v) is 11.7. The monoisotopic (exact) mass is 686 g/mol. The second kappa shape index (κ2) is 15.0. The molecule has 0 aromatic heterocycles. The van der Waals surface area contributed by atoms with Crippen LogP contribution in [0.4, 0.5) is 0 Å². The van der Waals surface area contributed by atoms with Crippen molar-refractivity contribution in [1.29, 1.82) is 0 Å². The second-order valence-corrected chi connectivity index (χ2v) is 20.0. The van der Waals surface area contributed by atoms with Crippen LogP contribution in [0.1, 0.15) is 77.6 Å². The van der Waals surface area contributed by atoms with E-state index in [1.54, 1.807) is 0 Å². The van der Waals surface area contributed by atoms with Gasteiger partial charge in [-0.15, -0.1) is 0 Å². The van der Waals surface area contributed by atoms with Gasteiger partial charge in [0.1, 0.15) is 0 Å². The summed E-state index contributed by atoms with van der Waals surface area (Å²) >= 11 is -4.80. The summed E-state index contributed by atoms with van der Waals surface area (Å²) in [7, 11) is 0. The Labute approximate surface area is 279 Å². The molecule has 0 saturated heterocycles. The molecule has 45 heavy (non-hydrogen) atoms. The van der Waals surface area contributed by atoms with Crippen LogP contribution < -0.4 is 0 Å². The van der Waals surface area contributed by atoms with Gasteiger partial charge in [-0.1, -0.05) is 0 Å². The molecule has 0 atom stereocenters. The zero-order valence-electron chi connectivity index (χ0n) is 28.5. The Morgan fingerprint density at radius 2 is 0.511 bits per heavy atom. The van der Waals surface area contributed by atoms with E-state index in [-0.39, 0.29) is 21.7 Å². The fraction of sp³-hybridized carbons (Fsp3) is 0.400. The van der Waals surface area contributed by atoms with Crippen LogP contribution in [0.5, 0.6) is 0 Å². The van der Waals surface area contributed by atoms with Crippen molar-refractivity contribution < 1.29 is 33.3 Å². The number of hydrogen-bond donors (Lipinski definition) is 0. The molecule has 4 aromatic carbocycles. The minimum atomic E-state index is -4.80. The molecule has 0 unspecified atom stereocenters. The Bertz CT molecular complexity index is 1210. The van der Waals surface area contributed by atoms with Gasteiger partial charge in [0.05, 0.1) is 0 Å². The second-order valence-electron chi connectivity index (χ2n) is 14.7. The van der Waals surface area contributed by atoms with Crippen LogP contribution in [0.25, 0.3) is 0 Å². The van der Waals surface area contributed by atoms with Crippen LogP contribution >= 0.6 is 0 Å². The third-order valence-corrected chi connectivity index (χ3v) is 13.6. The van der Waals surface area contributed by atoms with E-state index in [2.05, 4.69) is 152 Å². The van der Waals surface area contributed by atoms with Crippen molar-refractivity contribution in [2.45, 2.75) is 77.0 Å². The molecule has 5 heteroatoms. The van der Waals surface area contributed by atoms with Crippen molar-refractivity contribution in [1.82, 2.24) is 0 Å². The molecule has 4 rings (SSSR count). The van der Waals surface area contributed by atoms with Crippen molar-refractivity contribution >= 4 is 0 Å². The first-order valence-corrected chi connectivity index (χ1v) is 20.0. The molecule has 0 aliphatic rings. The molecule has 0 spiro atoms. The third-order valence-electron chi connectivity index (χ3n) is 8.66. The SMILES string of the molecule is CC(C)(C[O][Zr]([O]CC(C)(C)c1ccccc1)([O]CC(C)(C)c1ccccc1)[O]CC(C)(C)c1ccccc1)c1ccccc1. The quantitative estimate of drug-likeness (QED) is 0.118. The summed E-state index contributed by atoms with van der Waals surface area (Å²) in [6.07, 6.45) is 0. The summed E-state index contributed by atoms with van der Waals surface area (Å²) in [5.41, 5.74) is 3.68. The molecule has 0 N–H and O–H groups in total. The van der Waals surface area contributed by atoms with E-state index < -0.39 is 22.0 Å². The van der Waals surface area contributed by atoms with Gasteiger partial charge in [0.2, 0.25) is 0 Å². The van der Waals surface area contributed by atoms with E-state index >= 15 is 0 Å². The molecule has 4 nitrogen and oxygen atoms in total. The molecule has 0 bridgehead atoms. The van der Waals surface area contributed by atoms with Gasteiger partial charge in [-0.2, -0.15) is 0 Å². The van der Waals surface area contributed by atoms with Gasteiger partial charge in [0.25, 0.3) is 0 Å². The number of rotatable bonds is 16. The third kappa shape index (κ3) is 9.80. The first-order chi connectivity index (χ1) is 21.2. The topological polar surface area (TPSA) is 36.9 Å². The summed E-state index contributed by atoms with van der Waals surface area (Å²) in [4.78, 5) is 0. The van der Waals surface area contributed by atoms with Crippen LogP contribution in [-0.4, -0.2) is 26.4 Å². The number of hydrogen-bond acceptors (Lipinski definition) is 4. The van der Waals surface area contributed by atoms with Crippen LogP contribution in [0, 0.1) is 0 Å². The fourth-order valence-electron chi connectivity index (χ4n) is 5.22. The van der Waals surface area contributed by atoms with Crippen LogP contribution in [0.15, 0.2) is 121 Å². The van der Waals surface area contributed by atoms with Gasteiger partial charge < -0.3 is 0 Å². The Hall–Kier alpha value is -2.40. The maximum absolute atomic E-state index is 6.99. The molecule has 0 amide bonds. The Morgan fingerprint density at radius 1 is 0.333 bits per heavy atom. The Morgan fingerprint density at radius 3 is 0.689 bits per heavy atom. The molecule has 0 fully saturated rings. The van der Waals surface area contributed by atoms with E-state index in [0.29, 0.717) is 26.4 Å². The van der Waals surface area contributed by atoms with E-state index in [1.165, 1.54) is 22.3 Å². The summed E-state index contributed by atoms with van der Waals surface area (Å²) < 4.78 is 27.9. The first kappa shape index (κ1) is 35.5. The summed E-state index contributed by atoms with van der Waals surface area (Å²) in [6.45, 7) is 19.3. The van der Waals surface area contributed by atoms with E-state index in [1.807, 2.05) is 24.3 Å². The molecular formula is C40H52O4Zr. The Kier molecular flexibility index (Phi) is 11.8. The molecule has 240 valence electrons. The molecule has 0 aliphatic heterocycles. The zero-order valence-corrected chi connectivity index (χ0v) is 31.0. The summed E-state index contributed by atoms with van der Waals surface area (Å²) in [5.74, 6) is 0. The average molecular weight is 688 g/mol. The Balaban J connectivity index is 1.69. The average Bonchev–Trinajstić information content (AvgIpc) is 3.06. The maximum atomic E-state index is 6.99. The molecule has 0 saturated carbocycles. The summed E-state index contributed by atoms with van der Waals surface area (Å²) in [5, 5.41) is 0. The van der Waals surface area contributed by atoms with Crippen LogP contribution in [-0.2, 0) is 54.9 Å². The molecule has 0 aliphatic carbocycles. The summed E-state index contributed by atoms with van der Waals surface area (Å²) in [6, 6.07) is 42.0. The van der Waals surface area contributed by atoms with Gasteiger partial charge in [-0.3, -0.25) is 0 Å². The van der Waals surface area contributed by atoms with Crippen molar-refractivity contribution in [2.24, 2.45) is 0 Å². The predicted octanol–water partition coefficient (Wildman–Crippen LogP) is 9.78. The van der Waals surface area contributed by atoms with Gasteiger partial charge in [-0.05, 0) is 0 Å². The van der Waals surface area contributed by atoms with E-state index in [4.69, 9.17) is 11.3 Å². The van der Waals surface area contributed by atoms with Crippen LogP contribution in [0.2, 0.25) is 0 Å². The van der Waals surface area contributed by atoms with Crippen molar-refractivity contribution in [3.05, 3.63) is 144 Å². The van der Waals surface area contributed by atoms with Crippen molar-refractivity contribution in [3.63, 3.8) is 0 Å². The molecule has 4 aromatic rings. The molecule has 0 radical (unpaired) electrons. The normalized spacial score (nSPS) is 13.2. The van der Waals surface area contributed by atoms with Gasteiger partial charge in [0, 0.05) is 0 Å². The van der Waals surface area contributed by atoms with Gasteiger partial charge in [-0.25, -0.2) is 0 Å². The van der Waals surface area contributed by atoms with E-state index in [0.717, 1.165) is 0 Å². The van der Waals surface area contributed by atoms with Gasteiger partial charge in [0.15, 0.2) is 0 Å². The van der Waals surface area contributed by atoms with E-state index in [9.17, 15) is 0 Å². The minimum absolute atomic E-state index is 0.279. The zero-order chi connectivity index (χ0) is 32.6. The van der Waals surface area contributed by atoms with Gasteiger partial charge >= 0.3 is 280 Å². The number of benzene rings is 4.